The van der Waals surface area contributed by atoms with Crippen molar-refractivity contribution < 1.29 is 14.4 Å². The third-order valence-corrected chi connectivity index (χ3v) is 4.45. The maximum Gasteiger partial charge on any atom is 0.337 e. The molecule has 1 heterocycles. The maximum absolute atomic E-state index is 12.6. The molecule has 1 unspecified atom stereocenters. The zero-order chi connectivity index (χ0) is 18.6. The number of carbonyl (C=O) groups is 1. The number of hydroxylamine groups is 2. The van der Waals surface area contributed by atoms with E-state index < -0.39 is 11.7 Å². The van der Waals surface area contributed by atoms with E-state index in [1.807, 2.05) is 31.9 Å². The molecule has 1 aliphatic rings. The van der Waals surface area contributed by atoms with Crippen LogP contribution in [-0.2, 0) is 14.4 Å². The summed E-state index contributed by atoms with van der Waals surface area (Å²) in [7, 11) is 0. The van der Waals surface area contributed by atoms with Gasteiger partial charge in [-0.2, -0.15) is 5.06 Å². The number of unbranched alkanes of at least 4 members (excludes halogenated alkanes) is 1. The first-order valence-electron chi connectivity index (χ1n) is 9.20. The minimum atomic E-state index is -0.569. The van der Waals surface area contributed by atoms with Gasteiger partial charge in [0.15, 0.2) is 6.10 Å². The summed E-state index contributed by atoms with van der Waals surface area (Å²) in [5.41, 5.74) is -0.703. The van der Waals surface area contributed by atoms with E-state index in [9.17, 15) is 4.79 Å². The van der Waals surface area contributed by atoms with Crippen LogP contribution in [0.5, 0.6) is 0 Å². The molecule has 140 valence electrons. The van der Waals surface area contributed by atoms with E-state index in [1.54, 1.807) is 0 Å². The SMILES string of the molecule is C=CCCCC(ON1C(C)(C)CCCC1(C)C)C(=O)OC(C)(C)C. The maximum atomic E-state index is 12.6. The Bertz CT molecular complexity index is 419. The van der Waals surface area contributed by atoms with Gasteiger partial charge in [-0.05, 0) is 87.0 Å². The van der Waals surface area contributed by atoms with Crippen LogP contribution in [0.15, 0.2) is 12.7 Å². The molecule has 1 rings (SSSR count). The fourth-order valence-corrected chi connectivity index (χ4v) is 3.42. The van der Waals surface area contributed by atoms with E-state index >= 15 is 0 Å². The van der Waals surface area contributed by atoms with Crippen molar-refractivity contribution in [3.05, 3.63) is 12.7 Å². The highest BCUT2D eigenvalue weighted by molar-refractivity contribution is 5.75. The van der Waals surface area contributed by atoms with Gasteiger partial charge in [0.1, 0.15) is 5.60 Å². The molecule has 1 atom stereocenters. The number of ether oxygens (including phenoxy) is 1. The lowest BCUT2D eigenvalue weighted by Gasteiger charge is -2.52. The first-order valence-corrected chi connectivity index (χ1v) is 9.20. The number of carbonyl (C=O) groups excluding carboxylic acids is 1. The topological polar surface area (TPSA) is 38.8 Å². The first kappa shape index (κ1) is 21.2. The molecule has 0 aliphatic carbocycles. The van der Waals surface area contributed by atoms with E-state index in [1.165, 1.54) is 6.42 Å². The highest BCUT2D eigenvalue weighted by Crippen LogP contribution is 2.39. The fraction of sp³-hybridized carbons (Fsp3) is 0.850. The monoisotopic (exact) mass is 339 g/mol. The van der Waals surface area contributed by atoms with Crippen LogP contribution in [0.2, 0.25) is 0 Å². The average Bonchev–Trinajstić information content (AvgIpc) is 2.38. The predicted octanol–water partition coefficient (Wildman–Crippen LogP) is 5.03. The van der Waals surface area contributed by atoms with Crippen LogP contribution in [-0.4, -0.2) is 33.8 Å². The van der Waals surface area contributed by atoms with Crippen LogP contribution in [0.1, 0.15) is 87.0 Å². The number of nitrogens with zero attached hydrogens (tertiary/aromatic N) is 1. The molecule has 0 amide bonds. The molecule has 1 fully saturated rings. The number of hydrogen-bond donors (Lipinski definition) is 0. The Morgan fingerprint density at radius 1 is 1.21 bits per heavy atom. The van der Waals surface area contributed by atoms with Gasteiger partial charge >= 0.3 is 5.97 Å². The average molecular weight is 340 g/mol. The molecule has 0 aromatic rings. The Balaban J connectivity index is 2.92. The lowest BCUT2D eigenvalue weighted by molar-refractivity contribution is -0.304. The number of esters is 1. The summed E-state index contributed by atoms with van der Waals surface area (Å²) in [4.78, 5) is 18.9. The molecule has 4 heteroatoms. The van der Waals surface area contributed by atoms with Crippen molar-refractivity contribution in [1.82, 2.24) is 5.06 Å². The van der Waals surface area contributed by atoms with E-state index in [0.717, 1.165) is 25.7 Å². The molecular formula is C20H37NO3. The van der Waals surface area contributed by atoms with E-state index in [4.69, 9.17) is 9.57 Å². The lowest BCUT2D eigenvalue weighted by atomic mass is 9.82. The Morgan fingerprint density at radius 2 is 1.75 bits per heavy atom. The van der Waals surface area contributed by atoms with Gasteiger partial charge in [0.25, 0.3) is 0 Å². The van der Waals surface area contributed by atoms with Crippen molar-refractivity contribution in [1.29, 1.82) is 0 Å². The van der Waals surface area contributed by atoms with Crippen molar-refractivity contribution in [3.8, 4) is 0 Å². The standard InChI is InChI=1S/C20H37NO3/c1-9-10-11-13-16(17(22)23-18(2,3)4)24-21-19(5,6)14-12-15-20(21,7)8/h9,16H,1,10-15H2,2-8H3. The normalized spacial score (nSPS) is 22.0. The largest absolute Gasteiger partial charge is 0.458 e. The van der Waals surface area contributed by atoms with Gasteiger partial charge in [-0.15, -0.1) is 6.58 Å². The van der Waals surface area contributed by atoms with Crippen LogP contribution in [0.4, 0.5) is 0 Å². The Morgan fingerprint density at radius 3 is 2.21 bits per heavy atom. The van der Waals surface area contributed by atoms with Crippen molar-refractivity contribution in [3.63, 3.8) is 0 Å². The lowest BCUT2D eigenvalue weighted by Crippen LogP contribution is -2.60. The zero-order valence-electron chi connectivity index (χ0n) is 16.8. The quantitative estimate of drug-likeness (QED) is 0.370. The van der Waals surface area contributed by atoms with Gasteiger partial charge in [-0.3, -0.25) is 4.84 Å². The minimum absolute atomic E-state index is 0.0968. The van der Waals surface area contributed by atoms with Crippen LogP contribution in [0.3, 0.4) is 0 Å². The molecule has 1 aliphatic heterocycles. The Hall–Kier alpha value is -0.870. The summed E-state index contributed by atoms with van der Waals surface area (Å²) in [6, 6.07) is 0. The van der Waals surface area contributed by atoms with Crippen molar-refractivity contribution in [2.45, 2.75) is 110 Å². The molecule has 0 bridgehead atoms. The second-order valence-corrected chi connectivity index (χ2v) is 9.12. The highest BCUT2D eigenvalue weighted by atomic mass is 16.7. The number of piperidine rings is 1. The van der Waals surface area contributed by atoms with Gasteiger partial charge in [0, 0.05) is 11.1 Å². The van der Waals surface area contributed by atoms with Crippen molar-refractivity contribution in [2.24, 2.45) is 0 Å². The van der Waals surface area contributed by atoms with Crippen LogP contribution < -0.4 is 0 Å². The van der Waals surface area contributed by atoms with E-state index in [2.05, 4.69) is 34.3 Å². The first-order chi connectivity index (χ1) is 10.9. The molecule has 0 radical (unpaired) electrons. The molecule has 24 heavy (non-hydrogen) atoms. The minimum Gasteiger partial charge on any atom is -0.458 e. The smallest absolute Gasteiger partial charge is 0.337 e. The molecule has 4 nitrogen and oxygen atoms in total. The highest BCUT2D eigenvalue weighted by Gasteiger charge is 2.44. The number of rotatable bonds is 7. The molecular weight excluding hydrogens is 302 g/mol. The number of hydrogen-bond acceptors (Lipinski definition) is 4. The third-order valence-electron chi connectivity index (χ3n) is 4.45. The summed E-state index contributed by atoms with van der Waals surface area (Å²) in [5.74, 6) is -0.274. The van der Waals surface area contributed by atoms with Crippen LogP contribution >= 0.6 is 0 Å². The second kappa shape index (κ2) is 8.01. The van der Waals surface area contributed by atoms with Gasteiger partial charge in [-0.25, -0.2) is 4.79 Å². The fourth-order valence-electron chi connectivity index (χ4n) is 3.42. The molecule has 0 aromatic carbocycles. The van der Waals surface area contributed by atoms with Gasteiger partial charge in [0.2, 0.25) is 0 Å². The molecule has 0 spiro atoms. The van der Waals surface area contributed by atoms with E-state index in [0.29, 0.717) is 6.42 Å². The number of allylic oxidation sites excluding steroid dienone is 1. The summed E-state index contributed by atoms with van der Waals surface area (Å²) in [6.45, 7) is 18.2. The Kier molecular flexibility index (Phi) is 7.06. The van der Waals surface area contributed by atoms with Gasteiger partial charge in [0.05, 0.1) is 0 Å². The van der Waals surface area contributed by atoms with Crippen molar-refractivity contribution >= 4 is 5.97 Å². The van der Waals surface area contributed by atoms with Crippen LogP contribution in [0.25, 0.3) is 0 Å². The van der Waals surface area contributed by atoms with E-state index in [-0.39, 0.29) is 17.0 Å². The summed E-state index contributed by atoms with van der Waals surface area (Å²) in [5, 5.41) is 2.05. The Labute approximate surface area is 148 Å². The third kappa shape index (κ3) is 6.21. The predicted molar refractivity (Wildman–Crippen MR) is 98.6 cm³/mol. The second-order valence-electron chi connectivity index (χ2n) is 9.12. The molecule has 0 saturated carbocycles. The van der Waals surface area contributed by atoms with Gasteiger partial charge in [-0.1, -0.05) is 6.08 Å². The molecule has 0 N–H and O–H groups in total. The van der Waals surface area contributed by atoms with Crippen molar-refractivity contribution in [2.75, 3.05) is 0 Å². The molecule has 0 aromatic heterocycles. The van der Waals surface area contributed by atoms with Crippen LogP contribution in [0, 0.1) is 0 Å². The molecule has 1 saturated heterocycles. The summed E-state index contributed by atoms with van der Waals surface area (Å²) < 4.78 is 5.59. The summed E-state index contributed by atoms with van der Waals surface area (Å²) in [6.07, 6.45) is 6.98. The van der Waals surface area contributed by atoms with Gasteiger partial charge < -0.3 is 4.74 Å². The zero-order valence-corrected chi connectivity index (χ0v) is 16.8. The summed E-state index contributed by atoms with van der Waals surface area (Å²) >= 11 is 0.